The largest absolute Gasteiger partial charge is 0.480 e. The lowest BCUT2D eigenvalue weighted by Crippen LogP contribution is -2.51. The topological polar surface area (TPSA) is 138 Å². The average Bonchev–Trinajstić information content (AvgIpc) is 3.58. The number of rotatable bonds is 8. The van der Waals surface area contributed by atoms with Gasteiger partial charge >= 0.3 is 23.8 Å². The summed E-state index contributed by atoms with van der Waals surface area (Å²) >= 11 is 0. The van der Waals surface area contributed by atoms with Crippen molar-refractivity contribution in [1.82, 2.24) is 15.1 Å². The second-order valence-electron chi connectivity index (χ2n) is 10.7. The van der Waals surface area contributed by atoms with Crippen molar-refractivity contribution < 1.29 is 28.3 Å². The fraction of sp³-hybridized carbons (Fsp3) is 0.414. The third-order valence-electron chi connectivity index (χ3n) is 8.09. The van der Waals surface area contributed by atoms with Crippen molar-refractivity contribution in [1.29, 1.82) is 0 Å². The number of carbonyl (C=O) groups is 3. The van der Waals surface area contributed by atoms with Crippen LogP contribution in [0.15, 0.2) is 52.9 Å². The molecule has 0 bridgehead atoms. The van der Waals surface area contributed by atoms with E-state index in [0.29, 0.717) is 31.0 Å². The number of carbonyl (C=O) groups excluding carboxylic acids is 2. The van der Waals surface area contributed by atoms with Gasteiger partial charge in [0, 0.05) is 18.7 Å². The minimum Gasteiger partial charge on any atom is -0.480 e. The Morgan fingerprint density at radius 3 is 2.50 bits per heavy atom. The molecule has 2 amide bonds. The minimum atomic E-state index is -1.09. The molecule has 1 atom stereocenters. The predicted molar refractivity (Wildman–Crippen MR) is 145 cm³/mol. The van der Waals surface area contributed by atoms with Gasteiger partial charge in [0.05, 0.1) is 5.69 Å². The van der Waals surface area contributed by atoms with Crippen LogP contribution in [0.3, 0.4) is 0 Å². The second kappa shape index (κ2) is 11.4. The van der Waals surface area contributed by atoms with E-state index in [1.54, 1.807) is 24.0 Å². The summed E-state index contributed by atoms with van der Waals surface area (Å²) in [4.78, 5) is 38.7. The number of carboxylic acids is 1. The summed E-state index contributed by atoms with van der Waals surface area (Å²) in [5.41, 5.74) is 0.800. The minimum absolute atomic E-state index is 0.0534. The van der Waals surface area contributed by atoms with E-state index < -0.39 is 23.2 Å². The van der Waals surface area contributed by atoms with Crippen molar-refractivity contribution >= 4 is 35.2 Å². The van der Waals surface area contributed by atoms with Crippen LogP contribution in [0, 0.1) is 11.7 Å². The average molecular weight is 550 g/mol. The lowest BCUT2D eigenvalue weighted by atomic mass is 9.77. The summed E-state index contributed by atoms with van der Waals surface area (Å²) in [6, 6.07) is 13.5. The summed E-state index contributed by atoms with van der Waals surface area (Å²) < 4.78 is 19.1. The number of anilines is 3. The van der Waals surface area contributed by atoms with Gasteiger partial charge in [0.25, 0.3) is 0 Å². The van der Waals surface area contributed by atoms with Crippen LogP contribution in [0.5, 0.6) is 0 Å². The Bertz CT molecular complexity index is 1390. The highest BCUT2D eigenvalue weighted by atomic mass is 19.1. The summed E-state index contributed by atoms with van der Waals surface area (Å²) in [5.74, 6) is -1.69. The van der Waals surface area contributed by atoms with Gasteiger partial charge in [-0.05, 0) is 87.1 Å². The van der Waals surface area contributed by atoms with Crippen molar-refractivity contribution in [3.63, 3.8) is 0 Å². The molecule has 3 N–H and O–H groups in total. The van der Waals surface area contributed by atoms with E-state index in [2.05, 4.69) is 20.8 Å². The zero-order valence-electron chi connectivity index (χ0n) is 22.2. The molecule has 5 rings (SSSR count). The SMILES string of the molecule is C[C@]1(C(=O)O)CCCN1C(=O)CC1CCC(c2ccc(NC(=O)c3nnc(Nc4ccccc4F)o3)cc2)CC1. The van der Waals surface area contributed by atoms with Crippen LogP contribution in [-0.4, -0.2) is 50.1 Å². The van der Waals surface area contributed by atoms with Crippen molar-refractivity contribution in [2.24, 2.45) is 5.92 Å². The maximum Gasteiger partial charge on any atom is 0.329 e. The first kappa shape index (κ1) is 27.3. The standard InChI is InChI=1S/C29H32FN5O5/c1-29(27(38)39)15-4-16-35(29)24(36)17-18-7-9-19(10-8-18)20-11-13-21(14-12-20)31-25(37)26-33-34-28(40-26)32-23-6-3-2-5-22(23)30/h2-3,5-6,11-14,18-19H,4,7-10,15-17H2,1H3,(H,31,37)(H,32,34)(H,38,39)/t18?,19?,29-/m1/s1. The van der Waals surface area contributed by atoms with E-state index in [-0.39, 0.29) is 29.4 Å². The number of aromatic nitrogens is 2. The molecule has 1 aliphatic carbocycles. The number of hydrogen-bond donors (Lipinski definition) is 3. The molecule has 210 valence electrons. The molecule has 11 heteroatoms. The zero-order chi connectivity index (χ0) is 28.3. The first-order valence-electron chi connectivity index (χ1n) is 13.5. The van der Waals surface area contributed by atoms with Gasteiger partial charge in [0.15, 0.2) is 0 Å². The van der Waals surface area contributed by atoms with Crippen molar-refractivity contribution in [2.45, 2.75) is 63.3 Å². The van der Waals surface area contributed by atoms with Crippen LogP contribution >= 0.6 is 0 Å². The maximum atomic E-state index is 13.8. The number of hydrogen-bond acceptors (Lipinski definition) is 7. The number of nitrogens with one attached hydrogen (secondary N) is 2. The van der Waals surface area contributed by atoms with Gasteiger partial charge in [-0.1, -0.05) is 29.4 Å². The highest BCUT2D eigenvalue weighted by Crippen LogP contribution is 2.39. The fourth-order valence-electron chi connectivity index (χ4n) is 5.71. The van der Waals surface area contributed by atoms with Crippen LogP contribution in [0.2, 0.25) is 0 Å². The van der Waals surface area contributed by atoms with Crippen molar-refractivity contribution in [2.75, 3.05) is 17.2 Å². The van der Waals surface area contributed by atoms with Gasteiger partial charge in [-0.3, -0.25) is 9.59 Å². The van der Waals surface area contributed by atoms with Crippen LogP contribution in [0.1, 0.15) is 74.0 Å². The van der Waals surface area contributed by atoms with Crippen LogP contribution in [0.4, 0.5) is 21.8 Å². The molecular weight excluding hydrogens is 517 g/mol. The van der Waals surface area contributed by atoms with Crippen molar-refractivity contribution in [3.8, 4) is 0 Å². The molecule has 3 aromatic rings. The van der Waals surface area contributed by atoms with Gasteiger partial charge < -0.3 is 25.1 Å². The maximum absolute atomic E-state index is 13.8. The Morgan fingerprint density at radius 1 is 1.07 bits per heavy atom. The summed E-state index contributed by atoms with van der Waals surface area (Å²) in [7, 11) is 0. The first-order chi connectivity index (χ1) is 19.2. The van der Waals surface area contributed by atoms with Crippen LogP contribution in [0.25, 0.3) is 0 Å². The number of amides is 2. The lowest BCUT2D eigenvalue weighted by Gasteiger charge is -2.34. The normalized spacial score (nSPS) is 22.6. The first-order valence-corrected chi connectivity index (χ1v) is 13.5. The Kier molecular flexibility index (Phi) is 7.81. The third-order valence-corrected chi connectivity index (χ3v) is 8.09. The number of halogens is 1. The second-order valence-corrected chi connectivity index (χ2v) is 10.7. The van der Waals surface area contributed by atoms with E-state index in [0.717, 1.165) is 37.7 Å². The van der Waals surface area contributed by atoms with Crippen LogP contribution < -0.4 is 10.6 Å². The van der Waals surface area contributed by atoms with E-state index in [4.69, 9.17) is 4.42 Å². The molecule has 0 radical (unpaired) electrons. The smallest absolute Gasteiger partial charge is 0.329 e. The Labute approximate surface area is 231 Å². The monoisotopic (exact) mass is 549 g/mol. The molecule has 40 heavy (non-hydrogen) atoms. The van der Waals surface area contributed by atoms with Gasteiger partial charge in [0.2, 0.25) is 5.91 Å². The number of benzene rings is 2. The fourth-order valence-corrected chi connectivity index (χ4v) is 5.71. The highest BCUT2D eigenvalue weighted by molar-refractivity contribution is 6.00. The summed E-state index contributed by atoms with van der Waals surface area (Å²) in [6.45, 7) is 2.16. The number of para-hydroxylation sites is 1. The Hall–Kier alpha value is -4.28. The van der Waals surface area contributed by atoms with E-state index in [9.17, 15) is 23.9 Å². The molecule has 1 aliphatic heterocycles. The molecule has 1 aromatic heterocycles. The van der Waals surface area contributed by atoms with Crippen molar-refractivity contribution in [3.05, 3.63) is 65.8 Å². The molecule has 2 aromatic carbocycles. The molecule has 1 saturated carbocycles. The molecule has 1 saturated heterocycles. The number of aliphatic carboxylic acids is 1. The highest BCUT2D eigenvalue weighted by Gasteiger charge is 2.46. The van der Waals surface area contributed by atoms with E-state index in [1.165, 1.54) is 12.1 Å². The van der Waals surface area contributed by atoms with E-state index >= 15 is 0 Å². The zero-order valence-corrected chi connectivity index (χ0v) is 22.2. The molecule has 10 nitrogen and oxygen atoms in total. The van der Waals surface area contributed by atoms with Gasteiger partial charge in [-0.25, -0.2) is 9.18 Å². The molecule has 2 heterocycles. The van der Waals surface area contributed by atoms with E-state index in [1.807, 2.05) is 24.3 Å². The van der Waals surface area contributed by atoms with Crippen LogP contribution in [-0.2, 0) is 9.59 Å². The Morgan fingerprint density at radius 2 is 1.80 bits per heavy atom. The van der Waals surface area contributed by atoms with Gasteiger partial charge in [0.1, 0.15) is 11.4 Å². The molecule has 0 spiro atoms. The van der Waals surface area contributed by atoms with Gasteiger partial charge in [-0.15, -0.1) is 5.10 Å². The molecule has 2 aliphatic rings. The number of likely N-dealkylation sites (tertiary alicyclic amines) is 1. The molecule has 0 unspecified atom stereocenters. The molecular formula is C29H32FN5O5. The Balaban J connectivity index is 1.11. The predicted octanol–water partition coefficient (Wildman–Crippen LogP) is 5.33. The number of carboxylic acid groups (broad SMARTS) is 1. The third kappa shape index (κ3) is 5.83. The lowest BCUT2D eigenvalue weighted by molar-refractivity contribution is -0.155. The quantitative estimate of drug-likeness (QED) is 0.343. The summed E-state index contributed by atoms with van der Waals surface area (Å²) in [5, 5.41) is 22.5. The summed E-state index contributed by atoms with van der Waals surface area (Å²) in [6.07, 6.45) is 5.33. The number of nitrogens with zero attached hydrogens (tertiary/aromatic N) is 3. The molecule has 2 fully saturated rings. The van der Waals surface area contributed by atoms with Gasteiger partial charge in [-0.2, -0.15) is 0 Å².